The SMILES string of the molecule is CCCNC(c1cccc(Br)c1Cl)c1nccn1CC. The Labute approximate surface area is 133 Å². The van der Waals surface area contributed by atoms with Gasteiger partial charge in [0.05, 0.1) is 11.1 Å². The summed E-state index contributed by atoms with van der Waals surface area (Å²) in [5.41, 5.74) is 1.05. The first-order chi connectivity index (χ1) is 9.69. The number of hydrogen-bond donors (Lipinski definition) is 1. The molecule has 0 bridgehead atoms. The summed E-state index contributed by atoms with van der Waals surface area (Å²) in [6.45, 7) is 6.08. The molecule has 0 fully saturated rings. The molecule has 5 heteroatoms. The van der Waals surface area contributed by atoms with E-state index < -0.39 is 0 Å². The third-order valence-corrected chi connectivity index (χ3v) is 4.55. The average Bonchev–Trinajstić information content (AvgIpc) is 2.92. The van der Waals surface area contributed by atoms with E-state index in [2.05, 4.69) is 50.7 Å². The molecular weight excluding hydrogens is 338 g/mol. The number of aryl methyl sites for hydroxylation is 1. The van der Waals surface area contributed by atoms with Crippen molar-refractivity contribution in [3.05, 3.63) is 51.5 Å². The number of rotatable bonds is 6. The summed E-state index contributed by atoms with van der Waals surface area (Å²) in [7, 11) is 0. The van der Waals surface area contributed by atoms with Gasteiger partial charge in [-0.05, 0) is 47.4 Å². The van der Waals surface area contributed by atoms with Gasteiger partial charge < -0.3 is 9.88 Å². The Morgan fingerprint density at radius 3 is 2.90 bits per heavy atom. The van der Waals surface area contributed by atoms with Crippen LogP contribution in [-0.4, -0.2) is 16.1 Å². The summed E-state index contributed by atoms with van der Waals surface area (Å²) in [5, 5.41) is 4.28. The summed E-state index contributed by atoms with van der Waals surface area (Å²) in [6, 6.07) is 6.02. The van der Waals surface area contributed by atoms with E-state index in [1.165, 1.54) is 0 Å². The molecule has 0 spiro atoms. The van der Waals surface area contributed by atoms with Gasteiger partial charge in [0.2, 0.25) is 0 Å². The van der Waals surface area contributed by atoms with Crippen LogP contribution in [0.15, 0.2) is 35.1 Å². The molecule has 1 heterocycles. The Kier molecular flexibility index (Phi) is 5.64. The molecule has 0 aliphatic carbocycles. The van der Waals surface area contributed by atoms with Crippen LogP contribution in [0.25, 0.3) is 0 Å². The summed E-state index contributed by atoms with van der Waals surface area (Å²) in [6.07, 6.45) is 4.90. The smallest absolute Gasteiger partial charge is 0.130 e. The molecule has 1 unspecified atom stereocenters. The van der Waals surface area contributed by atoms with E-state index in [9.17, 15) is 0 Å². The van der Waals surface area contributed by atoms with E-state index in [4.69, 9.17) is 11.6 Å². The molecule has 2 aromatic rings. The van der Waals surface area contributed by atoms with E-state index in [1.54, 1.807) is 0 Å². The normalized spacial score (nSPS) is 12.6. The first-order valence-corrected chi connectivity index (χ1v) is 8.04. The van der Waals surface area contributed by atoms with Gasteiger partial charge in [-0.25, -0.2) is 4.98 Å². The predicted molar refractivity (Wildman–Crippen MR) is 87.2 cm³/mol. The van der Waals surface area contributed by atoms with Crippen molar-refractivity contribution in [1.82, 2.24) is 14.9 Å². The van der Waals surface area contributed by atoms with Crippen LogP contribution in [0.4, 0.5) is 0 Å². The largest absolute Gasteiger partial charge is 0.334 e. The van der Waals surface area contributed by atoms with E-state index in [0.717, 1.165) is 40.4 Å². The third kappa shape index (κ3) is 3.25. The van der Waals surface area contributed by atoms with Crippen LogP contribution in [0.5, 0.6) is 0 Å². The maximum Gasteiger partial charge on any atom is 0.130 e. The van der Waals surface area contributed by atoms with Crippen LogP contribution in [0.2, 0.25) is 5.02 Å². The fraction of sp³-hybridized carbons (Fsp3) is 0.400. The van der Waals surface area contributed by atoms with Crippen LogP contribution in [0.1, 0.15) is 37.7 Å². The van der Waals surface area contributed by atoms with E-state index in [1.807, 2.05) is 24.5 Å². The maximum absolute atomic E-state index is 6.46. The lowest BCUT2D eigenvalue weighted by molar-refractivity contribution is 0.541. The zero-order chi connectivity index (χ0) is 14.5. The lowest BCUT2D eigenvalue weighted by Crippen LogP contribution is -2.26. The van der Waals surface area contributed by atoms with Crippen molar-refractivity contribution >= 4 is 27.5 Å². The summed E-state index contributed by atoms with van der Waals surface area (Å²) in [4.78, 5) is 4.51. The number of imidazole rings is 1. The number of benzene rings is 1. The zero-order valence-electron chi connectivity index (χ0n) is 11.7. The van der Waals surface area contributed by atoms with Gasteiger partial charge in [0, 0.05) is 23.4 Å². The summed E-state index contributed by atoms with van der Waals surface area (Å²) in [5.74, 6) is 1.00. The number of hydrogen-bond acceptors (Lipinski definition) is 2. The van der Waals surface area contributed by atoms with Crippen molar-refractivity contribution in [2.75, 3.05) is 6.54 Å². The fourth-order valence-corrected chi connectivity index (χ4v) is 2.84. The van der Waals surface area contributed by atoms with Gasteiger partial charge in [-0.15, -0.1) is 0 Å². The minimum absolute atomic E-state index is 0.00917. The van der Waals surface area contributed by atoms with Gasteiger partial charge in [0.15, 0.2) is 0 Å². The first kappa shape index (κ1) is 15.5. The van der Waals surface area contributed by atoms with Crippen LogP contribution < -0.4 is 5.32 Å². The second-order valence-corrected chi connectivity index (χ2v) is 5.83. The summed E-state index contributed by atoms with van der Waals surface area (Å²) >= 11 is 9.95. The van der Waals surface area contributed by atoms with E-state index in [0.29, 0.717) is 0 Å². The Balaban J connectivity index is 2.44. The van der Waals surface area contributed by atoms with Gasteiger partial charge >= 0.3 is 0 Å². The van der Waals surface area contributed by atoms with Crippen molar-refractivity contribution < 1.29 is 0 Å². The van der Waals surface area contributed by atoms with Crippen LogP contribution in [-0.2, 0) is 6.54 Å². The second kappa shape index (κ2) is 7.25. The molecule has 108 valence electrons. The maximum atomic E-state index is 6.46. The number of halogens is 2. The monoisotopic (exact) mass is 355 g/mol. The highest BCUT2D eigenvalue weighted by molar-refractivity contribution is 9.10. The Bertz CT molecular complexity index is 568. The van der Waals surface area contributed by atoms with Crippen molar-refractivity contribution in [2.24, 2.45) is 0 Å². The molecule has 0 saturated carbocycles. The van der Waals surface area contributed by atoms with E-state index in [-0.39, 0.29) is 6.04 Å². The van der Waals surface area contributed by atoms with Gasteiger partial charge in [-0.1, -0.05) is 30.7 Å². The lowest BCUT2D eigenvalue weighted by Gasteiger charge is -2.21. The second-order valence-electron chi connectivity index (χ2n) is 4.60. The van der Waals surface area contributed by atoms with Crippen molar-refractivity contribution in [3.8, 4) is 0 Å². The topological polar surface area (TPSA) is 29.9 Å². The molecule has 1 aromatic carbocycles. The molecule has 1 N–H and O–H groups in total. The minimum atomic E-state index is 0.00917. The highest BCUT2D eigenvalue weighted by atomic mass is 79.9. The molecule has 1 aromatic heterocycles. The summed E-state index contributed by atoms with van der Waals surface area (Å²) < 4.78 is 3.06. The molecule has 3 nitrogen and oxygen atoms in total. The average molecular weight is 357 g/mol. The quantitative estimate of drug-likeness (QED) is 0.831. The molecule has 0 saturated heterocycles. The van der Waals surface area contributed by atoms with Crippen LogP contribution >= 0.6 is 27.5 Å². The number of nitrogens with one attached hydrogen (secondary N) is 1. The molecule has 0 aliphatic heterocycles. The predicted octanol–water partition coefficient (Wildman–Crippen LogP) is 4.41. The lowest BCUT2D eigenvalue weighted by atomic mass is 10.1. The van der Waals surface area contributed by atoms with Crippen LogP contribution in [0.3, 0.4) is 0 Å². The zero-order valence-corrected chi connectivity index (χ0v) is 14.1. The van der Waals surface area contributed by atoms with Gasteiger partial charge in [-0.2, -0.15) is 0 Å². The Hall–Kier alpha value is -0.840. The van der Waals surface area contributed by atoms with Crippen molar-refractivity contribution in [2.45, 2.75) is 32.9 Å². The first-order valence-electron chi connectivity index (χ1n) is 6.87. The van der Waals surface area contributed by atoms with Gasteiger partial charge in [-0.3, -0.25) is 0 Å². The van der Waals surface area contributed by atoms with Gasteiger partial charge in [0.1, 0.15) is 5.82 Å². The number of aromatic nitrogens is 2. The molecule has 20 heavy (non-hydrogen) atoms. The molecular formula is C15H19BrClN3. The fourth-order valence-electron chi connectivity index (χ4n) is 2.22. The van der Waals surface area contributed by atoms with Crippen molar-refractivity contribution in [1.29, 1.82) is 0 Å². The van der Waals surface area contributed by atoms with Crippen LogP contribution in [0, 0.1) is 0 Å². The highest BCUT2D eigenvalue weighted by Crippen LogP contribution is 2.32. The Morgan fingerprint density at radius 2 is 2.20 bits per heavy atom. The minimum Gasteiger partial charge on any atom is -0.334 e. The van der Waals surface area contributed by atoms with Crippen molar-refractivity contribution in [3.63, 3.8) is 0 Å². The molecule has 0 radical (unpaired) electrons. The molecule has 1 atom stereocenters. The third-order valence-electron chi connectivity index (χ3n) is 3.24. The van der Waals surface area contributed by atoms with E-state index >= 15 is 0 Å². The number of nitrogens with zero attached hydrogens (tertiary/aromatic N) is 2. The van der Waals surface area contributed by atoms with Gasteiger partial charge in [0.25, 0.3) is 0 Å². The molecule has 0 amide bonds. The molecule has 2 rings (SSSR count). The Morgan fingerprint density at radius 1 is 1.40 bits per heavy atom. The standard InChI is InChI=1S/C15H19BrClN3/c1-3-8-18-14(15-19-9-10-20(15)4-2)11-6-5-7-12(16)13(11)17/h5-7,9-10,14,18H,3-4,8H2,1-2H3. The molecule has 0 aliphatic rings. The highest BCUT2D eigenvalue weighted by Gasteiger charge is 2.21.